The summed E-state index contributed by atoms with van der Waals surface area (Å²) < 4.78 is 5.66. The Kier molecular flexibility index (Phi) is 4.77. The summed E-state index contributed by atoms with van der Waals surface area (Å²) in [5, 5.41) is 8.66. The second-order valence-electron chi connectivity index (χ2n) is 6.31. The fourth-order valence-electron chi connectivity index (χ4n) is 3.03. The highest BCUT2D eigenvalue weighted by Gasteiger charge is 2.23. The molecule has 0 saturated carbocycles. The van der Waals surface area contributed by atoms with Crippen LogP contribution in [-0.4, -0.2) is 52.5 Å². The lowest BCUT2D eigenvalue weighted by molar-refractivity contribution is 0.253. The Hall–Kier alpha value is -1.73. The van der Waals surface area contributed by atoms with E-state index in [1.54, 1.807) is 0 Å². The Morgan fingerprint density at radius 1 is 1.43 bits per heavy atom. The van der Waals surface area contributed by atoms with Crippen LogP contribution in [0.15, 0.2) is 17.4 Å². The van der Waals surface area contributed by atoms with Crippen LogP contribution in [0.25, 0.3) is 0 Å². The van der Waals surface area contributed by atoms with Gasteiger partial charge in [0.25, 0.3) is 0 Å². The topological polar surface area (TPSA) is 61.8 Å². The zero-order valence-corrected chi connectivity index (χ0v) is 14.6. The number of nitrogens with zero attached hydrogens (tertiary/aromatic N) is 3. The van der Waals surface area contributed by atoms with Gasteiger partial charge in [-0.3, -0.25) is 10.4 Å². The highest BCUT2D eigenvalue weighted by atomic mass is 32.1. The van der Waals surface area contributed by atoms with Gasteiger partial charge in [0.05, 0.1) is 12.3 Å². The number of pyridine rings is 1. The molecule has 1 fully saturated rings. The first-order valence-electron chi connectivity index (χ1n) is 8.00. The molecule has 2 aliphatic heterocycles. The van der Waals surface area contributed by atoms with E-state index >= 15 is 0 Å². The van der Waals surface area contributed by atoms with Gasteiger partial charge in [-0.15, -0.1) is 0 Å². The maximum Gasteiger partial charge on any atom is 0.189 e. The van der Waals surface area contributed by atoms with Gasteiger partial charge in [-0.25, -0.2) is 0 Å². The first kappa shape index (κ1) is 16.1. The highest BCUT2D eigenvalue weighted by Crippen LogP contribution is 2.23. The molecule has 0 radical (unpaired) electrons. The van der Waals surface area contributed by atoms with Crippen molar-refractivity contribution < 1.29 is 4.74 Å². The van der Waals surface area contributed by atoms with Crippen LogP contribution in [0, 0.1) is 6.92 Å². The third kappa shape index (κ3) is 3.79. The predicted octanol–water partition coefficient (Wildman–Crippen LogP) is 1.43. The SMILES string of the molecule is Cc1cnc2c(c1)OCC/C2=N/NC(=S)N1C[C@@H](C)N[C@@H](C)C1. The van der Waals surface area contributed by atoms with Crippen LogP contribution >= 0.6 is 12.2 Å². The molecule has 124 valence electrons. The number of aryl methyl sites for hydroxylation is 1. The largest absolute Gasteiger partial charge is 0.491 e. The van der Waals surface area contributed by atoms with Crippen molar-refractivity contribution in [3.8, 4) is 5.75 Å². The molecular weight excluding hydrogens is 310 g/mol. The molecule has 1 aromatic heterocycles. The Labute approximate surface area is 142 Å². The summed E-state index contributed by atoms with van der Waals surface area (Å²) in [5.41, 5.74) is 5.82. The lowest BCUT2D eigenvalue weighted by Gasteiger charge is -2.37. The zero-order valence-electron chi connectivity index (χ0n) is 13.8. The van der Waals surface area contributed by atoms with Gasteiger partial charge in [0.2, 0.25) is 0 Å². The summed E-state index contributed by atoms with van der Waals surface area (Å²) in [6.45, 7) is 8.72. The maximum absolute atomic E-state index is 5.66. The monoisotopic (exact) mass is 333 g/mol. The fourth-order valence-corrected chi connectivity index (χ4v) is 3.23. The van der Waals surface area contributed by atoms with Crippen LogP contribution in [0.5, 0.6) is 5.75 Å². The minimum atomic E-state index is 0.416. The lowest BCUT2D eigenvalue weighted by Crippen LogP contribution is -2.57. The minimum Gasteiger partial charge on any atom is -0.491 e. The molecule has 0 aliphatic carbocycles. The highest BCUT2D eigenvalue weighted by molar-refractivity contribution is 7.80. The minimum absolute atomic E-state index is 0.416. The van der Waals surface area contributed by atoms with Crippen molar-refractivity contribution >= 4 is 23.0 Å². The van der Waals surface area contributed by atoms with Crippen LogP contribution < -0.4 is 15.5 Å². The van der Waals surface area contributed by atoms with E-state index in [0.29, 0.717) is 23.8 Å². The molecule has 6 nitrogen and oxygen atoms in total. The Morgan fingerprint density at radius 2 is 2.17 bits per heavy atom. The van der Waals surface area contributed by atoms with Gasteiger partial charge in [-0.1, -0.05) is 0 Å². The van der Waals surface area contributed by atoms with Gasteiger partial charge < -0.3 is 15.0 Å². The molecule has 2 aliphatic rings. The van der Waals surface area contributed by atoms with E-state index in [9.17, 15) is 0 Å². The van der Waals surface area contributed by atoms with Gasteiger partial charge >= 0.3 is 0 Å². The van der Waals surface area contributed by atoms with Gasteiger partial charge in [0.15, 0.2) is 5.11 Å². The Balaban J connectivity index is 1.70. The molecule has 0 amide bonds. The molecule has 0 spiro atoms. The molecule has 0 unspecified atom stereocenters. The second kappa shape index (κ2) is 6.80. The number of hydrogen-bond acceptors (Lipinski definition) is 5. The van der Waals surface area contributed by atoms with E-state index < -0.39 is 0 Å². The van der Waals surface area contributed by atoms with Crippen LogP contribution in [0.2, 0.25) is 0 Å². The Bertz CT molecular complexity index is 623. The second-order valence-corrected chi connectivity index (χ2v) is 6.69. The zero-order chi connectivity index (χ0) is 16.4. The number of rotatable bonds is 1. The van der Waals surface area contributed by atoms with Gasteiger partial charge in [-0.05, 0) is 44.6 Å². The molecule has 23 heavy (non-hydrogen) atoms. The summed E-state index contributed by atoms with van der Waals surface area (Å²) in [4.78, 5) is 6.61. The van der Waals surface area contributed by atoms with Crippen molar-refractivity contribution in [1.29, 1.82) is 0 Å². The number of ether oxygens (including phenoxy) is 1. The predicted molar refractivity (Wildman–Crippen MR) is 95.0 cm³/mol. The number of hydrogen-bond donors (Lipinski definition) is 2. The molecule has 0 aromatic carbocycles. The average molecular weight is 333 g/mol. The molecule has 2 atom stereocenters. The number of thiocarbonyl (C=S) groups is 1. The van der Waals surface area contributed by atoms with Gasteiger partial charge in [0.1, 0.15) is 11.4 Å². The van der Waals surface area contributed by atoms with E-state index in [-0.39, 0.29) is 0 Å². The van der Waals surface area contributed by atoms with Crippen molar-refractivity contribution in [3.05, 3.63) is 23.5 Å². The van der Waals surface area contributed by atoms with E-state index in [2.05, 4.69) is 39.6 Å². The standard InChI is InChI=1S/C16H23N5OS/c1-10-6-14-15(17-7-10)13(4-5-22-14)19-20-16(23)21-8-11(2)18-12(3)9-21/h6-7,11-12,18H,4-5,8-9H2,1-3H3,(H,20,23)/b19-13-/t11-,12+. The normalized spacial score (nSPS) is 25.7. The maximum atomic E-state index is 5.66. The summed E-state index contributed by atoms with van der Waals surface area (Å²) in [7, 11) is 0. The number of hydrazone groups is 1. The molecule has 3 heterocycles. The molecule has 3 rings (SSSR count). The van der Waals surface area contributed by atoms with Crippen molar-refractivity contribution in [3.63, 3.8) is 0 Å². The molecule has 1 saturated heterocycles. The van der Waals surface area contributed by atoms with Crippen molar-refractivity contribution in [2.24, 2.45) is 5.10 Å². The first-order chi connectivity index (χ1) is 11.0. The number of fused-ring (bicyclic) bond motifs is 1. The van der Waals surface area contributed by atoms with Crippen molar-refractivity contribution in [2.45, 2.75) is 39.3 Å². The molecular formula is C16H23N5OS. The summed E-state index contributed by atoms with van der Waals surface area (Å²) in [5.74, 6) is 0.798. The first-order valence-corrected chi connectivity index (χ1v) is 8.41. The van der Waals surface area contributed by atoms with Gasteiger partial charge in [-0.2, -0.15) is 5.10 Å². The third-order valence-electron chi connectivity index (χ3n) is 3.99. The summed E-state index contributed by atoms with van der Waals surface area (Å²) in [6, 6.07) is 2.83. The van der Waals surface area contributed by atoms with Crippen molar-refractivity contribution in [2.75, 3.05) is 19.7 Å². The van der Waals surface area contributed by atoms with Crippen LogP contribution in [0.1, 0.15) is 31.5 Å². The molecule has 0 bridgehead atoms. The van der Waals surface area contributed by atoms with Crippen LogP contribution in [0.4, 0.5) is 0 Å². The lowest BCUT2D eigenvalue weighted by atomic mass is 10.1. The fraction of sp³-hybridized carbons (Fsp3) is 0.562. The summed E-state index contributed by atoms with van der Waals surface area (Å²) in [6.07, 6.45) is 2.56. The average Bonchev–Trinajstić information content (AvgIpc) is 2.51. The molecule has 1 aromatic rings. The van der Waals surface area contributed by atoms with E-state index in [1.165, 1.54) is 0 Å². The quantitative estimate of drug-likeness (QED) is 0.599. The number of nitrogens with one attached hydrogen (secondary N) is 2. The Morgan fingerprint density at radius 3 is 2.91 bits per heavy atom. The van der Waals surface area contributed by atoms with Gasteiger partial charge in [0, 0.05) is 37.8 Å². The third-order valence-corrected chi connectivity index (χ3v) is 4.34. The van der Waals surface area contributed by atoms with E-state index in [0.717, 1.165) is 42.2 Å². The molecule has 2 N–H and O–H groups in total. The van der Waals surface area contributed by atoms with E-state index in [1.807, 2.05) is 19.2 Å². The number of piperazine rings is 1. The number of aromatic nitrogens is 1. The van der Waals surface area contributed by atoms with E-state index in [4.69, 9.17) is 17.0 Å². The summed E-state index contributed by atoms with van der Waals surface area (Å²) >= 11 is 5.50. The van der Waals surface area contributed by atoms with Crippen LogP contribution in [0.3, 0.4) is 0 Å². The van der Waals surface area contributed by atoms with Crippen molar-refractivity contribution in [1.82, 2.24) is 20.6 Å². The van der Waals surface area contributed by atoms with Crippen LogP contribution in [-0.2, 0) is 0 Å². The smallest absolute Gasteiger partial charge is 0.189 e. The molecule has 7 heteroatoms.